The summed E-state index contributed by atoms with van der Waals surface area (Å²) in [5, 5.41) is 4.44. The monoisotopic (exact) mass is 288 g/mol. The van der Waals surface area contributed by atoms with Crippen LogP contribution in [0.15, 0.2) is 60.7 Å². The molecule has 0 saturated carbocycles. The topological polar surface area (TPSA) is 14.1 Å². The molecule has 2 rings (SSSR count). The molecule has 4 heteroatoms. The van der Waals surface area contributed by atoms with Gasteiger partial charge in [0.05, 0.1) is 0 Å². The summed E-state index contributed by atoms with van der Waals surface area (Å²) in [5.41, 5.74) is 1.99. The number of benzene rings is 2. The van der Waals surface area contributed by atoms with Crippen molar-refractivity contribution >= 4 is 36.2 Å². The minimum Gasteiger partial charge on any atom is -0.658 e. The van der Waals surface area contributed by atoms with Crippen molar-refractivity contribution in [3.05, 3.63) is 66.0 Å². The Kier molecular flexibility index (Phi) is 10.9. The molecule has 0 aromatic heterocycles. The summed E-state index contributed by atoms with van der Waals surface area (Å²) in [6.45, 7) is 0. The second-order valence-corrected chi connectivity index (χ2v) is 2.78. The number of rotatable bonds is 2. The first-order chi connectivity index (χ1) is 6.45. The third-order valence-corrected chi connectivity index (χ3v) is 1.77. The normalized spacial score (nSPS) is 7.75. The molecule has 0 fully saturated rings. The van der Waals surface area contributed by atoms with Crippen molar-refractivity contribution < 1.29 is 21.7 Å². The van der Waals surface area contributed by atoms with Gasteiger partial charge in [0.2, 0.25) is 0 Å². The van der Waals surface area contributed by atoms with Gasteiger partial charge in [-0.2, -0.15) is 0 Å². The van der Waals surface area contributed by atoms with Gasteiger partial charge in [0, 0.05) is 21.7 Å². The first-order valence-corrected chi connectivity index (χ1v) is 4.27. The Balaban J connectivity index is 0. The molecule has 2 aromatic rings. The smallest absolute Gasteiger partial charge is 0 e. The van der Waals surface area contributed by atoms with Crippen LogP contribution in [0.25, 0.3) is 5.32 Å². The Morgan fingerprint density at radius 3 is 1.19 bits per heavy atom. The quantitative estimate of drug-likeness (QED) is 0.701. The molecule has 0 spiro atoms. The van der Waals surface area contributed by atoms with Gasteiger partial charge >= 0.3 is 0 Å². The third-order valence-electron chi connectivity index (χ3n) is 1.77. The second-order valence-electron chi connectivity index (χ2n) is 2.78. The van der Waals surface area contributed by atoms with Crippen LogP contribution in [-0.4, -0.2) is 0 Å². The molecule has 0 aliphatic rings. The van der Waals surface area contributed by atoms with Crippen molar-refractivity contribution in [2.75, 3.05) is 0 Å². The minimum atomic E-state index is 0. The number of hydrogen-bond donors (Lipinski definition) is 0. The first-order valence-electron chi connectivity index (χ1n) is 4.27. The summed E-state index contributed by atoms with van der Waals surface area (Å²) in [4.78, 5) is 0. The molecule has 0 heterocycles. The molecule has 84 valence electrons. The predicted molar refractivity (Wildman–Crippen MR) is 70.1 cm³/mol. The van der Waals surface area contributed by atoms with Crippen LogP contribution in [0.4, 0.5) is 11.4 Å². The maximum atomic E-state index is 4.44. The van der Waals surface area contributed by atoms with Crippen LogP contribution < -0.4 is 0 Å². The molecule has 0 bridgehead atoms. The van der Waals surface area contributed by atoms with Crippen LogP contribution >= 0.6 is 24.8 Å². The largest absolute Gasteiger partial charge is 0.658 e. The Hall–Kier alpha value is -0.466. The molecule has 1 nitrogen and oxygen atoms in total. The van der Waals surface area contributed by atoms with Gasteiger partial charge in [0.25, 0.3) is 0 Å². The zero-order chi connectivity index (χ0) is 8.93. The Morgan fingerprint density at radius 2 is 0.875 bits per heavy atom. The van der Waals surface area contributed by atoms with E-state index in [0.29, 0.717) is 0 Å². The molecular weight excluding hydrogens is 277 g/mol. The fraction of sp³-hybridized carbons (Fsp3) is 0. The SMILES string of the molecule is Cl.Cl.[Ti].c1ccc([N-]c2ccccc2)cc1. The first kappa shape index (κ1) is 17.9. The molecule has 16 heavy (non-hydrogen) atoms. The maximum Gasteiger partial charge on any atom is 0 e. The van der Waals surface area contributed by atoms with Crippen LogP contribution in [0.1, 0.15) is 0 Å². The Bertz CT molecular complexity index is 330. The van der Waals surface area contributed by atoms with Crippen molar-refractivity contribution in [1.29, 1.82) is 0 Å². The molecule has 0 aliphatic carbocycles. The van der Waals surface area contributed by atoms with Gasteiger partial charge in [-0.05, 0) is 0 Å². The zero-order valence-corrected chi connectivity index (χ0v) is 11.7. The van der Waals surface area contributed by atoms with E-state index in [4.69, 9.17) is 0 Å². The molecule has 0 saturated heterocycles. The molecule has 0 amide bonds. The molecule has 0 aliphatic heterocycles. The van der Waals surface area contributed by atoms with E-state index in [1.165, 1.54) is 0 Å². The van der Waals surface area contributed by atoms with E-state index in [1.807, 2.05) is 60.7 Å². The number of para-hydroxylation sites is 2. The molecule has 2 aromatic carbocycles. The van der Waals surface area contributed by atoms with Gasteiger partial charge in [-0.15, -0.1) is 36.2 Å². The third kappa shape index (κ3) is 5.57. The fourth-order valence-electron chi connectivity index (χ4n) is 1.15. The second kappa shape index (κ2) is 9.74. The van der Waals surface area contributed by atoms with Crippen molar-refractivity contribution in [3.8, 4) is 0 Å². The summed E-state index contributed by atoms with van der Waals surface area (Å²) in [6, 6.07) is 19.9. The predicted octanol–water partition coefficient (Wildman–Crippen LogP) is 4.86. The van der Waals surface area contributed by atoms with Crippen LogP contribution in [0.3, 0.4) is 0 Å². The number of nitrogens with zero attached hydrogens (tertiary/aromatic N) is 1. The van der Waals surface area contributed by atoms with E-state index in [2.05, 4.69) is 5.32 Å². The van der Waals surface area contributed by atoms with E-state index < -0.39 is 0 Å². The molecule has 0 N–H and O–H groups in total. The average Bonchev–Trinajstić information content (AvgIpc) is 2.21. The summed E-state index contributed by atoms with van der Waals surface area (Å²) in [6.07, 6.45) is 0. The van der Waals surface area contributed by atoms with Gasteiger partial charge in [-0.3, -0.25) is 0 Å². The van der Waals surface area contributed by atoms with Crippen molar-refractivity contribution in [3.63, 3.8) is 0 Å². The summed E-state index contributed by atoms with van der Waals surface area (Å²) in [7, 11) is 0. The average molecular weight is 289 g/mol. The van der Waals surface area contributed by atoms with Crippen molar-refractivity contribution in [1.82, 2.24) is 0 Å². The number of halogens is 2. The van der Waals surface area contributed by atoms with Gasteiger partial charge in [0.15, 0.2) is 0 Å². The van der Waals surface area contributed by atoms with E-state index in [0.717, 1.165) is 11.4 Å². The summed E-state index contributed by atoms with van der Waals surface area (Å²) in [5.74, 6) is 0. The molecule has 0 unspecified atom stereocenters. The number of hydrogen-bond acceptors (Lipinski definition) is 0. The van der Waals surface area contributed by atoms with Gasteiger partial charge < -0.3 is 5.32 Å². The van der Waals surface area contributed by atoms with Gasteiger partial charge in [0.1, 0.15) is 0 Å². The van der Waals surface area contributed by atoms with E-state index in [1.54, 1.807) is 0 Å². The van der Waals surface area contributed by atoms with Crippen molar-refractivity contribution in [2.45, 2.75) is 0 Å². The zero-order valence-electron chi connectivity index (χ0n) is 8.54. The molecule has 0 radical (unpaired) electrons. The fourth-order valence-corrected chi connectivity index (χ4v) is 1.15. The molecular formula is C12H12Cl2NTi-. The Labute approximate surface area is 123 Å². The van der Waals surface area contributed by atoms with Gasteiger partial charge in [-0.1, -0.05) is 60.7 Å². The molecule has 0 atom stereocenters. The summed E-state index contributed by atoms with van der Waals surface area (Å²) < 4.78 is 0. The minimum absolute atomic E-state index is 0. The van der Waals surface area contributed by atoms with Crippen molar-refractivity contribution in [2.24, 2.45) is 0 Å². The van der Waals surface area contributed by atoms with Crippen LogP contribution in [0, 0.1) is 0 Å². The van der Waals surface area contributed by atoms with E-state index in [9.17, 15) is 0 Å². The van der Waals surface area contributed by atoms with E-state index >= 15 is 0 Å². The van der Waals surface area contributed by atoms with E-state index in [-0.39, 0.29) is 46.5 Å². The standard InChI is InChI=1S/C12H10N.2ClH.Ti/c1-3-7-11(8-4-1)13-12-9-5-2-6-10-12;;;/h1-10H;2*1H;/q-1;;;. The Morgan fingerprint density at radius 1 is 0.562 bits per heavy atom. The maximum absolute atomic E-state index is 4.44. The summed E-state index contributed by atoms with van der Waals surface area (Å²) >= 11 is 0. The van der Waals surface area contributed by atoms with Gasteiger partial charge in [-0.25, -0.2) is 0 Å². The van der Waals surface area contributed by atoms with Crippen LogP contribution in [-0.2, 0) is 21.7 Å². The van der Waals surface area contributed by atoms with Crippen LogP contribution in [0.2, 0.25) is 0 Å². The van der Waals surface area contributed by atoms with Crippen LogP contribution in [0.5, 0.6) is 0 Å².